The smallest absolute Gasteiger partial charge is 0.326 e. The van der Waals surface area contributed by atoms with Gasteiger partial charge in [0, 0.05) is 12.7 Å². The summed E-state index contributed by atoms with van der Waals surface area (Å²) in [5.41, 5.74) is 0.956. The van der Waals surface area contributed by atoms with E-state index in [9.17, 15) is 9.59 Å². The Labute approximate surface area is 111 Å². The number of carbonyl (C=O) groups is 2. The highest BCUT2D eigenvalue weighted by Crippen LogP contribution is 2.17. The van der Waals surface area contributed by atoms with Crippen LogP contribution in [0.2, 0.25) is 0 Å². The molecule has 0 spiro atoms. The van der Waals surface area contributed by atoms with E-state index in [1.165, 1.54) is 18.7 Å². The van der Waals surface area contributed by atoms with Crippen LogP contribution in [0, 0.1) is 12.8 Å². The standard InChI is InChI=1S/C13H18N2O4/c1-8-4-5-11(14-6-8)15(10(3)13(18)19)7-9(2)12(16)17/h4-6,9-10H,7H2,1-3H3,(H,16,17)(H,18,19). The summed E-state index contributed by atoms with van der Waals surface area (Å²) in [4.78, 5) is 27.7. The Hall–Kier alpha value is -2.11. The van der Waals surface area contributed by atoms with Gasteiger partial charge in [0.25, 0.3) is 0 Å². The summed E-state index contributed by atoms with van der Waals surface area (Å²) in [5, 5.41) is 18.1. The summed E-state index contributed by atoms with van der Waals surface area (Å²) in [7, 11) is 0. The monoisotopic (exact) mass is 266 g/mol. The molecule has 0 aliphatic rings. The molecule has 0 radical (unpaired) electrons. The molecule has 0 saturated heterocycles. The van der Waals surface area contributed by atoms with Gasteiger partial charge in [0.2, 0.25) is 0 Å². The van der Waals surface area contributed by atoms with Crippen LogP contribution in [-0.4, -0.2) is 39.7 Å². The number of hydrogen-bond acceptors (Lipinski definition) is 4. The Bertz CT molecular complexity index is 458. The van der Waals surface area contributed by atoms with Gasteiger partial charge in [0.1, 0.15) is 11.9 Å². The van der Waals surface area contributed by atoms with E-state index >= 15 is 0 Å². The highest BCUT2D eigenvalue weighted by Gasteiger charge is 2.25. The molecule has 1 rings (SSSR count). The maximum Gasteiger partial charge on any atom is 0.326 e. The van der Waals surface area contributed by atoms with Gasteiger partial charge in [-0.25, -0.2) is 9.78 Å². The largest absolute Gasteiger partial charge is 0.481 e. The number of pyridine rings is 1. The Morgan fingerprint density at radius 3 is 2.32 bits per heavy atom. The van der Waals surface area contributed by atoms with E-state index in [-0.39, 0.29) is 6.54 Å². The lowest BCUT2D eigenvalue weighted by molar-refractivity contribution is -0.142. The number of rotatable bonds is 6. The molecule has 0 amide bonds. The SMILES string of the molecule is Cc1ccc(N(CC(C)C(=O)O)C(C)C(=O)O)nc1. The Kier molecular flexibility index (Phi) is 4.86. The van der Waals surface area contributed by atoms with E-state index in [1.54, 1.807) is 12.3 Å². The first kappa shape index (κ1) is 14.9. The summed E-state index contributed by atoms with van der Waals surface area (Å²) in [5.74, 6) is -2.19. The molecule has 2 atom stereocenters. The van der Waals surface area contributed by atoms with Crippen LogP contribution in [0.4, 0.5) is 5.82 Å². The topological polar surface area (TPSA) is 90.7 Å². The van der Waals surface area contributed by atoms with E-state index in [0.29, 0.717) is 5.82 Å². The van der Waals surface area contributed by atoms with Crippen LogP contribution in [0.3, 0.4) is 0 Å². The fourth-order valence-corrected chi connectivity index (χ4v) is 1.59. The molecule has 0 fully saturated rings. The molecule has 19 heavy (non-hydrogen) atoms. The van der Waals surface area contributed by atoms with Crippen LogP contribution in [0.1, 0.15) is 19.4 Å². The molecule has 1 aromatic heterocycles. The van der Waals surface area contributed by atoms with Crippen LogP contribution in [0.15, 0.2) is 18.3 Å². The van der Waals surface area contributed by atoms with Crippen molar-refractivity contribution in [2.75, 3.05) is 11.4 Å². The molecule has 0 aliphatic carbocycles. The quantitative estimate of drug-likeness (QED) is 0.808. The first-order valence-corrected chi connectivity index (χ1v) is 5.97. The zero-order chi connectivity index (χ0) is 14.6. The zero-order valence-electron chi connectivity index (χ0n) is 11.2. The molecule has 0 saturated carbocycles. The number of carboxylic acid groups (broad SMARTS) is 2. The van der Waals surface area contributed by atoms with Crippen molar-refractivity contribution < 1.29 is 19.8 Å². The van der Waals surface area contributed by atoms with Crippen molar-refractivity contribution in [2.45, 2.75) is 26.8 Å². The maximum atomic E-state index is 11.1. The number of hydrogen-bond donors (Lipinski definition) is 2. The van der Waals surface area contributed by atoms with E-state index in [0.717, 1.165) is 5.56 Å². The number of anilines is 1. The summed E-state index contributed by atoms with van der Waals surface area (Å²) in [6, 6.07) is 2.68. The molecular weight excluding hydrogens is 248 g/mol. The Balaban J connectivity index is 3.01. The van der Waals surface area contributed by atoms with Crippen LogP contribution < -0.4 is 4.90 Å². The second-order valence-electron chi connectivity index (χ2n) is 4.60. The predicted molar refractivity (Wildman–Crippen MR) is 70.2 cm³/mol. The Morgan fingerprint density at radius 2 is 1.89 bits per heavy atom. The second kappa shape index (κ2) is 6.17. The number of aryl methyl sites for hydroxylation is 1. The summed E-state index contributed by atoms with van der Waals surface area (Å²) < 4.78 is 0. The highest BCUT2D eigenvalue weighted by molar-refractivity contribution is 5.78. The highest BCUT2D eigenvalue weighted by atomic mass is 16.4. The van der Waals surface area contributed by atoms with Crippen molar-refractivity contribution >= 4 is 17.8 Å². The van der Waals surface area contributed by atoms with Gasteiger partial charge >= 0.3 is 11.9 Å². The first-order valence-electron chi connectivity index (χ1n) is 5.97. The van der Waals surface area contributed by atoms with E-state index in [4.69, 9.17) is 10.2 Å². The average Bonchev–Trinajstić information content (AvgIpc) is 2.35. The lowest BCUT2D eigenvalue weighted by Crippen LogP contribution is -2.43. The third-order valence-corrected chi connectivity index (χ3v) is 2.91. The molecule has 2 unspecified atom stereocenters. The van der Waals surface area contributed by atoms with Crippen LogP contribution in [0.25, 0.3) is 0 Å². The van der Waals surface area contributed by atoms with Gasteiger partial charge in [-0.3, -0.25) is 4.79 Å². The van der Waals surface area contributed by atoms with E-state index in [1.807, 2.05) is 13.0 Å². The maximum absolute atomic E-state index is 11.1. The molecular formula is C13H18N2O4. The predicted octanol–water partition coefficient (Wildman–Crippen LogP) is 1.39. The van der Waals surface area contributed by atoms with Crippen LogP contribution in [0.5, 0.6) is 0 Å². The lowest BCUT2D eigenvalue weighted by Gasteiger charge is -2.29. The minimum absolute atomic E-state index is 0.0961. The third-order valence-electron chi connectivity index (χ3n) is 2.91. The summed E-state index contributed by atoms with van der Waals surface area (Å²) in [6.07, 6.45) is 1.63. The second-order valence-corrected chi connectivity index (χ2v) is 4.60. The molecule has 6 heteroatoms. The minimum Gasteiger partial charge on any atom is -0.481 e. The molecule has 0 bridgehead atoms. The van der Waals surface area contributed by atoms with E-state index < -0.39 is 23.9 Å². The van der Waals surface area contributed by atoms with Gasteiger partial charge in [0.05, 0.1) is 5.92 Å². The van der Waals surface area contributed by atoms with Gasteiger partial charge in [-0.05, 0) is 25.5 Å². The normalized spacial score (nSPS) is 13.6. The molecule has 6 nitrogen and oxygen atoms in total. The molecule has 104 valence electrons. The Morgan fingerprint density at radius 1 is 1.26 bits per heavy atom. The van der Waals surface area contributed by atoms with Crippen molar-refractivity contribution in [1.82, 2.24) is 4.98 Å². The van der Waals surface area contributed by atoms with Crippen molar-refractivity contribution in [3.63, 3.8) is 0 Å². The van der Waals surface area contributed by atoms with Crippen molar-refractivity contribution in [3.05, 3.63) is 23.9 Å². The molecule has 1 aromatic rings. The lowest BCUT2D eigenvalue weighted by atomic mass is 10.1. The van der Waals surface area contributed by atoms with E-state index in [2.05, 4.69) is 4.98 Å². The number of nitrogens with zero attached hydrogens (tertiary/aromatic N) is 2. The molecule has 0 aromatic carbocycles. The number of aromatic nitrogens is 1. The van der Waals surface area contributed by atoms with Crippen LogP contribution >= 0.6 is 0 Å². The van der Waals surface area contributed by atoms with Crippen molar-refractivity contribution in [1.29, 1.82) is 0 Å². The average molecular weight is 266 g/mol. The molecule has 0 aliphatic heterocycles. The fraction of sp³-hybridized carbons (Fsp3) is 0.462. The third kappa shape index (κ3) is 3.94. The van der Waals surface area contributed by atoms with Crippen molar-refractivity contribution in [3.8, 4) is 0 Å². The summed E-state index contributed by atoms with van der Waals surface area (Å²) in [6.45, 7) is 5.02. The van der Waals surface area contributed by atoms with Crippen molar-refractivity contribution in [2.24, 2.45) is 5.92 Å². The van der Waals surface area contributed by atoms with Gasteiger partial charge in [0.15, 0.2) is 0 Å². The van der Waals surface area contributed by atoms with Gasteiger partial charge in [-0.1, -0.05) is 13.0 Å². The molecule has 1 heterocycles. The molecule has 2 N–H and O–H groups in total. The first-order chi connectivity index (χ1) is 8.82. The summed E-state index contributed by atoms with van der Waals surface area (Å²) >= 11 is 0. The van der Waals surface area contributed by atoms with Gasteiger partial charge < -0.3 is 15.1 Å². The van der Waals surface area contributed by atoms with Gasteiger partial charge in [-0.2, -0.15) is 0 Å². The fourth-order valence-electron chi connectivity index (χ4n) is 1.59. The number of aliphatic carboxylic acids is 2. The zero-order valence-corrected chi connectivity index (χ0v) is 11.2. The minimum atomic E-state index is -1.01. The van der Waals surface area contributed by atoms with Crippen LogP contribution in [-0.2, 0) is 9.59 Å². The van der Waals surface area contributed by atoms with Gasteiger partial charge in [-0.15, -0.1) is 0 Å². The number of carboxylic acids is 2.